The molecule has 0 bridgehead atoms. The van der Waals surface area contributed by atoms with E-state index >= 15 is 0 Å². The van der Waals surface area contributed by atoms with Crippen molar-refractivity contribution in [2.45, 2.75) is 25.3 Å². The topological polar surface area (TPSA) is 75.1 Å². The minimum Gasteiger partial charge on any atom is -0.478 e. The normalized spacial score (nSPS) is 15.4. The van der Waals surface area contributed by atoms with Gasteiger partial charge < -0.3 is 10.1 Å². The van der Waals surface area contributed by atoms with Crippen LogP contribution in [0.3, 0.4) is 0 Å². The maximum Gasteiger partial charge on any atom is 0.335 e. The van der Waals surface area contributed by atoms with Crippen LogP contribution in [0.1, 0.15) is 35.7 Å². The number of nitrogens with zero attached hydrogens (tertiary/aromatic N) is 1. The monoisotopic (exact) mass is 276 g/mol. The van der Waals surface area contributed by atoms with Gasteiger partial charge in [-0.2, -0.15) is 0 Å². The Kier molecular flexibility index (Phi) is 2.74. The second-order valence-corrected chi connectivity index (χ2v) is 5.14. The third kappa shape index (κ3) is 1.88. The number of nitrogens with one attached hydrogen (secondary N) is 1. The Morgan fingerprint density at radius 2 is 2.16 bits per heavy atom. The Balaban J connectivity index is 2.28. The molecule has 2 N–H and O–H groups in total. The Hall–Kier alpha value is -1.95. The molecule has 1 aromatic carbocycles. The molecule has 0 atom stereocenters. The van der Waals surface area contributed by atoms with E-state index in [9.17, 15) is 9.59 Å². The van der Waals surface area contributed by atoms with Crippen molar-refractivity contribution >= 4 is 29.1 Å². The summed E-state index contributed by atoms with van der Waals surface area (Å²) in [5.41, 5.74) is 0.477. The third-order valence-electron chi connectivity index (χ3n) is 3.62. The lowest BCUT2D eigenvalue weighted by Gasteiger charge is -2.27. The van der Waals surface area contributed by atoms with Crippen LogP contribution in [-0.2, 0) is 0 Å². The summed E-state index contributed by atoms with van der Waals surface area (Å²) in [4.78, 5) is 26.3. The molecule has 1 aliphatic carbocycles. The van der Waals surface area contributed by atoms with Crippen LogP contribution >= 0.6 is 12.2 Å². The van der Waals surface area contributed by atoms with E-state index in [4.69, 9.17) is 17.3 Å². The summed E-state index contributed by atoms with van der Waals surface area (Å²) in [7, 11) is 0. The molecule has 5 nitrogen and oxygen atoms in total. The highest BCUT2D eigenvalue weighted by atomic mass is 32.1. The lowest BCUT2D eigenvalue weighted by Crippen LogP contribution is -2.30. The molecule has 1 aliphatic rings. The van der Waals surface area contributed by atoms with Crippen molar-refractivity contribution in [3.05, 3.63) is 38.9 Å². The molecule has 0 saturated heterocycles. The van der Waals surface area contributed by atoms with E-state index in [0.717, 1.165) is 19.3 Å². The second kappa shape index (κ2) is 4.31. The first-order valence-corrected chi connectivity index (χ1v) is 6.50. The lowest BCUT2D eigenvalue weighted by atomic mass is 9.93. The van der Waals surface area contributed by atoms with Gasteiger partial charge in [0.15, 0.2) is 4.77 Å². The van der Waals surface area contributed by atoms with Crippen LogP contribution in [0, 0.1) is 4.77 Å². The summed E-state index contributed by atoms with van der Waals surface area (Å²) in [6, 6.07) is 4.61. The molecule has 1 saturated carbocycles. The quantitative estimate of drug-likeness (QED) is 0.826. The fraction of sp³-hybridized carbons (Fsp3) is 0.308. The van der Waals surface area contributed by atoms with Crippen LogP contribution in [0.4, 0.5) is 0 Å². The summed E-state index contributed by atoms with van der Waals surface area (Å²) >= 11 is 5.21. The first kappa shape index (κ1) is 12.1. The van der Waals surface area contributed by atoms with Gasteiger partial charge in [-0.15, -0.1) is 0 Å². The van der Waals surface area contributed by atoms with Crippen LogP contribution in [-0.4, -0.2) is 20.6 Å². The van der Waals surface area contributed by atoms with Crippen LogP contribution in [0.25, 0.3) is 10.9 Å². The average Bonchev–Trinajstić information content (AvgIpc) is 2.31. The number of aromatic carboxylic acids is 1. The number of benzene rings is 1. The maximum absolute atomic E-state index is 12.4. The highest BCUT2D eigenvalue weighted by Crippen LogP contribution is 2.30. The predicted molar refractivity (Wildman–Crippen MR) is 73.2 cm³/mol. The molecule has 1 fully saturated rings. The van der Waals surface area contributed by atoms with Crippen LogP contribution in [0.15, 0.2) is 23.0 Å². The summed E-state index contributed by atoms with van der Waals surface area (Å²) in [5.74, 6) is -1.02. The van der Waals surface area contributed by atoms with Gasteiger partial charge in [0, 0.05) is 6.04 Å². The Labute approximate surface area is 113 Å². The fourth-order valence-corrected chi connectivity index (χ4v) is 2.68. The van der Waals surface area contributed by atoms with Crippen molar-refractivity contribution in [3.8, 4) is 0 Å². The minimum atomic E-state index is -1.02. The molecule has 0 amide bonds. The van der Waals surface area contributed by atoms with E-state index in [2.05, 4.69) is 4.98 Å². The number of hydrogen-bond donors (Lipinski definition) is 2. The smallest absolute Gasteiger partial charge is 0.335 e. The van der Waals surface area contributed by atoms with Crippen LogP contribution in [0.5, 0.6) is 0 Å². The number of hydrogen-bond acceptors (Lipinski definition) is 3. The van der Waals surface area contributed by atoms with Crippen molar-refractivity contribution in [1.29, 1.82) is 0 Å². The molecule has 6 heteroatoms. The molecular weight excluding hydrogens is 264 g/mol. The number of rotatable bonds is 2. The summed E-state index contributed by atoms with van der Waals surface area (Å²) < 4.78 is 1.98. The molecule has 0 spiro atoms. The fourth-order valence-electron chi connectivity index (χ4n) is 2.34. The van der Waals surface area contributed by atoms with E-state index in [1.165, 1.54) is 12.1 Å². The minimum absolute atomic E-state index is 0.138. The van der Waals surface area contributed by atoms with Gasteiger partial charge in [-0.3, -0.25) is 9.36 Å². The molecule has 0 radical (unpaired) electrons. The third-order valence-corrected chi connectivity index (χ3v) is 3.91. The van der Waals surface area contributed by atoms with Gasteiger partial charge in [-0.05, 0) is 49.7 Å². The van der Waals surface area contributed by atoms with Crippen LogP contribution < -0.4 is 5.56 Å². The molecular formula is C13H12N2O3S. The zero-order valence-corrected chi connectivity index (χ0v) is 10.9. The Morgan fingerprint density at radius 1 is 1.42 bits per heavy atom. The van der Waals surface area contributed by atoms with Crippen molar-refractivity contribution < 1.29 is 9.90 Å². The molecule has 2 aromatic rings. The van der Waals surface area contributed by atoms with Crippen molar-refractivity contribution in [3.63, 3.8) is 0 Å². The van der Waals surface area contributed by atoms with E-state index in [0.29, 0.717) is 15.7 Å². The van der Waals surface area contributed by atoms with E-state index in [-0.39, 0.29) is 17.2 Å². The maximum atomic E-state index is 12.4. The zero-order chi connectivity index (χ0) is 13.6. The summed E-state index contributed by atoms with van der Waals surface area (Å²) in [6.45, 7) is 0. The van der Waals surface area contributed by atoms with Crippen molar-refractivity contribution in [1.82, 2.24) is 9.55 Å². The van der Waals surface area contributed by atoms with Gasteiger partial charge in [-0.25, -0.2) is 4.79 Å². The zero-order valence-electron chi connectivity index (χ0n) is 10.0. The van der Waals surface area contributed by atoms with E-state index < -0.39 is 5.97 Å². The van der Waals surface area contributed by atoms with Crippen LogP contribution in [0.2, 0.25) is 0 Å². The second-order valence-electron chi connectivity index (χ2n) is 4.76. The Bertz CT molecular complexity index is 787. The highest BCUT2D eigenvalue weighted by molar-refractivity contribution is 7.71. The number of aromatic amines is 1. The number of carbonyl (C=O) groups is 1. The average molecular weight is 276 g/mol. The molecule has 0 aliphatic heterocycles. The number of fused-ring (bicyclic) bond motifs is 1. The van der Waals surface area contributed by atoms with Crippen molar-refractivity contribution in [2.24, 2.45) is 0 Å². The number of carboxylic acids is 1. The van der Waals surface area contributed by atoms with Gasteiger partial charge in [0.1, 0.15) is 0 Å². The van der Waals surface area contributed by atoms with Gasteiger partial charge in [0.25, 0.3) is 5.56 Å². The molecule has 0 unspecified atom stereocenters. The SMILES string of the molecule is O=C(O)c1ccc2c(=O)n(C3CCC3)c(=S)[nH]c2c1. The van der Waals surface area contributed by atoms with Gasteiger partial charge in [0.2, 0.25) is 0 Å². The number of aromatic nitrogens is 2. The predicted octanol–water partition coefficient (Wildman–Crippen LogP) is 2.48. The summed E-state index contributed by atoms with van der Waals surface area (Å²) in [6.07, 6.45) is 3.05. The van der Waals surface area contributed by atoms with Gasteiger partial charge >= 0.3 is 5.97 Å². The molecule has 98 valence electrons. The van der Waals surface area contributed by atoms with Gasteiger partial charge in [0.05, 0.1) is 16.5 Å². The number of H-pyrrole nitrogens is 1. The molecule has 19 heavy (non-hydrogen) atoms. The van der Waals surface area contributed by atoms with Gasteiger partial charge in [-0.1, -0.05) is 0 Å². The standard InChI is InChI=1S/C13H12N2O3S/c16-11-9-5-4-7(12(17)18)6-10(9)14-13(19)15(11)8-2-1-3-8/h4-6,8H,1-3H2,(H,14,19)(H,17,18). The van der Waals surface area contributed by atoms with E-state index in [1.54, 1.807) is 10.6 Å². The molecule has 1 heterocycles. The first-order valence-electron chi connectivity index (χ1n) is 6.10. The largest absolute Gasteiger partial charge is 0.478 e. The lowest BCUT2D eigenvalue weighted by molar-refractivity contribution is 0.0697. The number of carboxylic acid groups (broad SMARTS) is 1. The van der Waals surface area contributed by atoms with E-state index in [1.807, 2.05) is 0 Å². The Morgan fingerprint density at radius 3 is 2.74 bits per heavy atom. The first-order chi connectivity index (χ1) is 9.08. The highest BCUT2D eigenvalue weighted by Gasteiger charge is 2.22. The van der Waals surface area contributed by atoms with Crippen molar-refractivity contribution in [2.75, 3.05) is 0 Å². The summed E-state index contributed by atoms with van der Waals surface area (Å²) in [5, 5.41) is 9.43. The molecule has 1 aromatic heterocycles. The molecule has 3 rings (SSSR count).